The van der Waals surface area contributed by atoms with Crippen molar-refractivity contribution in [2.24, 2.45) is 17.8 Å². The Kier molecular flexibility index (Phi) is 13.9. The summed E-state index contributed by atoms with van der Waals surface area (Å²) < 4.78 is 0. The molecule has 292 valence electrons. The van der Waals surface area contributed by atoms with Crippen LogP contribution in [-0.4, -0.2) is 5.43 Å². The fraction of sp³-hybridized carbons (Fsp3) is 0.423. The summed E-state index contributed by atoms with van der Waals surface area (Å²) in [4.78, 5) is 0. The van der Waals surface area contributed by atoms with Crippen LogP contribution < -0.4 is 24.8 Å². The van der Waals surface area contributed by atoms with Crippen LogP contribution in [0.3, 0.4) is 0 Å². The topological polar surface area (TPSA) is 0 Å². The van der Waals surface area contributed by atoms with E-state index in [-0.39, 0.29) is 35.7 Å². The van der Waals surface area contributed by atoms with Crippen molar-refractivity contribution in [3.8, 4) is 22.3 Å². The van der Waals surface area contributed by atoms with E-state index in [9.17, 15) is 0 Å². The summed E-state index contributed by atoms with van der Waals surface area (Å²) in [5, 5.41) is 5.58. The van der Waals surface area contributed by atoms with Crippen LogP contribution >= 0.6 is 0 Å². The number of hydrogen-bond donors (Lipinski definition) is 0. The van der Waals surface area contributed by atoms with Crippen LogP contribution in [0.4, 0.5) is 0 Å². The van der Waals surface area contributed by atoms with Gasteiger partial charge in [-0.1, -0.05) is 112 Å². The van der Waals surface area contributed by atoms with Crippen molar-refractivity contribution >= 4 is 27.0 Å². The van der Waals surface area contributed by atoms with E-state index in [1.807, 2.05) is 0 Å². The number of benzene rings is 4. The van der Waals surface area contributed by atoms with Crippen LogP contribution in [0.25, 0.3) is 43.8 Å². The van der Waals surface area contributed by atoms with E-state index in [0.717, 1.165) is 23.7 Å². The molecule has 5 aliphatic rings. The summed E-state index contributed by atoms with van der Waals surface area (Å²) in [5.41, 5.74) is 12.3. The molecule has 0 N–H and O–H groups in total. The number of hydrogen-bond acceptors (Lipinski definition) is 0. The smallest absolute Gasteiger partial charge is 0.00391 e. The van der Waals surface area contributed by atoms with Gasteiger partial charge >= 0.3 is 41.9 Å². The molecule has 0 aliphatic heterocycles. The van der Waals surface area contributed by atoms with Gasteiger partial charge in [0.25, 0.3) is 0 Å². The largest absolute Gasteiger partial charge is 1.00 e. The number of rotatable bonds is 4. The Bertz CT molecular complexity index is 2200. The van der Waals surface area contributed by atoms with E-state index < -0.39 is 0 Å². The van der Waals surface area contributed by atoms with Gasteiger partial charge in [-0.2, -0.15) is 12.1 Å². The van der Waals surface area contributed by atoms with Gasteiger partial charge in [-0.05, 0) is 108 Å². The Hall–Kier alpha value is -2.22. The molecule has 0 spiro atoms. The van der Waals surface area contributed by atoms with Gasteiger partial charge in [0.2, 0.25) is 0 Å². The second-order valence-corrected chi connectivity index (χ2v) is 28.4. The summed E-state index contributed by atoms with van der Waals surface area (Å²) in [6.07, 6.45) is 14.5. The van der Waals surface area contributed by atoms with Crippen molar-refractivity contribution in [2.45, 2.75) is 122 Å². The number of fused-ring (bicyclic) bond motifs is 2. The van der Waals surface area contributed by atoms with E-state index in [2.05, 4.69) is 150 Å². The predicted octanol–water partition coefficient (Wildman–Crippen LogP) is 8.98. The van der Waals surface area contributed by atoms with Crippen LogP contribution in [0, 0.1) is 24.7 Å². The van der Waals surface area contributed by atoms with Gasteiger partial charge in [-0.25, -0.2) is 0 Å². The second-order valence-electron chi connectivity index (χ2n) is 19.0. The maximum Gasteiger partial charge on any atom is -0.00391 e. The zero-order chi connectivity index (χ0) is 37.6. The zero-order valence-corrected chi connectivity index (χ0v) is 39.5. The molecular weight excluding hydrogens is 815 g/mol. The molecule has 0 aromatic heterocycles. The van der Waals surface area contributed by atoms with E-state index in [1.54, 1.807) is 34.5 Å². The third kappa shape index (κ3) is 9.31. The Morgan fingerprint density at radius 1 is 0.643 bits per heavy atom. The molecule has 4 bridgehead atoms. The predicted molar refractivity (Wildman–Crippen MR) is 232 cm³/mol. The van der Waals surface area contributed by atoms with Crippen LogP contribution in [-0.2, 0) is 34.2 Å². The molecular formula is C52H60Cl2SiZr-2. The molecule has 6 aromatic carbocycles. The fourth-order valence-corrected chi connectivity index (χ4v) is 11.3. The van der Waals surface area contributed by atoms with Crippen molar-refractivity contribution in [3.05, 3.63) is 131 Å². The van der Waals surface area contributed by atoms with Crippen molar-refractivity contribution in [1.82, 2.24) is 0 Å². The first kappa shape index (κ1) is 43.4. The van der Waals surface area contributed by atoms with E-state index in [1.165, 1.54) is 119 Å². The van der Waals surface area contributed by atoms with Crippen molar-refractivity contribution in [3.63, 3.8) is 0 Å². The second kappa shape index (κ2) is 18.0. The SMILES string of the molecule is CC(C)(C)c1ccc(-c2cccc3[cH-]c(C4CCCC4)cc23)cc1.C[Si](C)=[Zr+2].Cc1cc2c(-c3ccc(C45CC6CC(CC(C6)C4)C5)cc3)cccc2[cH-]1.[Cl-].[Cl-]. The molecule has 6 aromatic rings. The molecule has 5 fully saturated rings. The average molecular weight is 875 g/mol. The van der Waals surface area contributed by atoms with Gasteiger partial charge in [0, 0.05) is 0 Å². The molecule has 56 heavy (non-hydrogen) atoms. The average Bonchev–Trinajstić information content (AvgIpc) is 3.90. The summed E-state index contributed by atoms with van der Waals surface area (Å²) in [7, 11) is 0. The third-order valence-corrected chi connectivity index (χ3v) is 13.4. The van der Waals surface area contributed by atoms with Gasteiger partial charge in [-0.3, -0.25) is 0 Å². The first-order valence-corrected chi connectivity index (χ1v) is 27.2. The minimum Gasteiger partial charge on any atom is -1.00 e. The maximum atomic E-state index is 2.47. The quantitative estimate of drug-likeness (QED) is 0.123. The number of aryl methyl sites for hydroxylation is 1. The normalized spacial score (nSPS) is 22.5. The van der Waals surface area contributed by atoms with E-state index in [4.69, 9.17) is 0 Å². The van der Waals surface area contributed by atoms with Gasteiger partial charge in [0.1, 0.15) is 0 Å². The van der Waals surface area contributed by atoms with E-state index in [0.29, 0.717) is 5.41 Å². The van der Waals surface area contributed by atoms with Crippen LogP contribution in [0.2, 0.25) is 13.1 Å². The van der Waals surface area contributed by atoms with Crippen LogP contribution in [0.15, 0.2) is 109 Å². The summed E-state index contributed by atoms with van der Waals surface area (Å²) in [5.74, 6) is 3.83. The Labute approximate surface area is 365 Å². The fourth-order valence-electron chi connectivity index (χ4n) is 11.3. The molecule has 4 heteroatoms. The number of halogens is 2. The minimum atomic E-state index is 0. The van der Waals surface area contributed by atoms with Gasteiger partial charge in [0.15, 0.2) is 0 Å². The van der Waals surface area contributed by atoms with Crippen molar-refractivity contribution in [2.75, 3.05) is 0 Å². The van der Waals surface area contributed by atoms with Gasteiger partial charge < -0.3 is 24.8 Å². The summed E-state index contributed by atoms with van der Waals surface area (Å²) >= 11 is 1.74. The Balaban J connectivity index is 0.000000169. The molecule has 0 radical (unpaired) electrons. The summed E-state index contributed by atoms with van der Waals surface area (Å²) in [6.45, 7) is 13.6. The third-order valence-electron chi connectivity index (χ3n) is 13.4. The molecule has 0 heterocycles. The first-order chi connectivity index (χ1) is 25.9. The standard InChI is InChI=1S/C26H27.C24H27.C2H6Si.2ClH.Zr/c1-17-9-22-3-2-4-24(25(22)10-17)21-5-7-23(8-6-21)26-14-18-11-19(15-26)13-20(12-18)16-26;1-24(2,3)21-13-11-18(12-14-21)22-10-6-9-19-15-20(16-23(19)22)17-7-4-5-8-17;1-3-2;;;/h2-10,18-20H,11-16H2,1H3;6,9-17H,4-5,7-8H2,1-3H3;1-2H3;2*1H;/q2*-1;;;;+2/p-2. The maximum absolute atomic E-state index is 2.47. The van der Waals surface area contributed by atoms with Gasteiger partial charge in [-0.15, -0.1) is 69.1 Å². The molecule has 0 saturated heterocycles. The van der Waals surface area contributed by atoms with Gasteiger partial charge in [0.05, 0.1) is 0 Å². The molecule has 5 aliphatic carbocycles. The zero-order valence-electron chi connectivity index (χ0n) is 34.5. The van der Waals surface area contributed by atoms with Crippen LogP contribution in [0.1, 0.15) is 113 Å². The molecule has 11 rings (SSSR count). The molecule has 0 nitrogen and oxygen atoms in total. The van der Waals surface area contributed by atoms with Crippen molar-refractivity contribution < 1.29 is 48.1 Å². The monoisotopic (exact) mass is 872 g/mol. The molecule has 0 amide bonds. The molecule has 5 saturated carbocycles. The minimum absolute atomic E-state index is 0. The molecule has 0 unspecified atom stereocenters. The molecule has 0 atom stereocenters. The van der Waals surface area contributed by atoms with Crippen LogP contribution in [0.5, 0.6) is 0 Å². The van der Waals surface area contributed by atoms with E-state index >= 15 is 0 Å². The Morgan fingerprint density at radius 2 is 1.11 bits per heavy atom. The van der Waals surface area contributed by atoms with Crippen molar-refractivity contribution in [1.29, 1.82) is 0 Å². The first-order valence-electron chi connectivity index (χ1n) is 21.0. The summed E-state index contributed by atoms with van der Waals surface area (Å²) in [6, 6.07) is 41.8. The Morgan fingerprint density at radius 3 is 1.61 bits per heavy atom.